The third kappa shape index (κ3) is 2.85. The van der Waals surface area contributed by atoms with Gasteiger partial charge in [-0.25, -0.2) is 9.78 Å². The van der Waals surface area contributed by atoms with Gasteiger partial charge in [0.15, 0.2) is 0 Å². The fourth-order valence-corrected chi connectivity index (χ4v) is 2.87. The summed E-state index contributed by atoms with van der Waals surface area (Å²) in [7, 11) is 2.14. The number of rotatable bonds is 5. The van der Waals surface area contributed by atoms with Gasteiger partial charge in [0.1, 0.15) is 11.1 Å². The molecule has 1 aliphatic rings. The van der Waals surface area contributed by atoms with Crippen LogP contribution in [0, 0.1) is 0 Å². The van der Waals surface area contributed by atoms with Gasteiger partial charge < -0.3 is 19.7 Å². The number of carboxylic acids is 1. The number of carboxylic acid groups (broad SMARTS) is 1. The summed E-state index contributed by atoms with van der Waals surface area (Å²) in [5.41, 5.74) is 1.32. The van der Waals surface area contributed by atoms with Crippen molar-refractivity contribution in [3.63, 3.8) is 0 Å². The smallest absolute Gasteiger partial charge is 0.339 e. The SMILES string of the molecule is CN1CCCC1CCOc1ccc2[nH]cc(C(=O)O)c2n1. The topological polar surface area (TPSA) is 78.5 Å². The Morgan fingerprint density at radius 2 is 2.43 bits per heavy atom. The maximum atomic E-state index is 11.1. The Bertz CT molecular complexity index is 653. The molecule has 2 aromatic heterocycles. The van der Waals surface area contributed by atoms with E-state index in [4.69, 9.17) is 9.84 Å². The molecule has 0 aliphatic carbocycles. The first-order valence-electron chi connectivity index (χ1n) is 7.19. The Morgan fingerprint density at radius 1 is 1.57 bits per heavy atom. The number of fused-ring (bicyclic) bond motifs is 1. The van der Waals surface area contributed by atoms with E-state index in [1.54, 1.807) is 12.1 Å². The van der Waals surface area contributed by atoms with Crippen LogP contribution in [0.3, 0.4) is 0 Å². The Hall–Kier alpha value is -2.08. The molecule has 1 unspecified atom stereocenters. The van der Waals surface area contributed by atoms with Gasteiger partial charge in [-0.2, -0.15) is 0 Å². The van der Waals surface area contributed by atoms with Crippen LogP contribution in [0.4, 0.5) is 0 Å². The number of hydrogen-bond donors (Lipinski definition) is 2. The monoisotopic (exact) mass is 289 g/mol. The van der Waals surface area contributed by atoms with Gasteiger partial charge in [-0.3, -0.25) is 0 Å². The van der Waals surface area contributed by atoms with E-state index in [0.29, 0.717) is 29.6 Å². The molecule has 1 aliphatic heterocycles. The van der Waals surface area contributed by atoms with E-state index >= 15 is 0 Å². The van der Waals surface area contributed by atoms with E-state index in [0.717, 1.165) is 13.0 Å². The van der Waals surface area contributed by atoms with Crippen LogP contribution in [0.25, 0.3) is 11.0 Å². The Balaban J connectivity index is 1.66. The molecule has 0 bridgehead atoms. The second kappa shape index (κ2) is 5.73. The molecule has 1 atom stereocenters. The van der Waals surface area contributed by atoms with Crippen molar-refractivity contribution < 1.29 is 14.6 Å². The number of pyridine rings is 1. The van der Waals surface area contributed by atoms with Crippen molar-refractivity contribution in [2.75, 3.05) is 20.2 Å². The van der Waals surface area contributed by atoms with Crippen molar-refractivity contribution in [3.8, 4) is 5.88 Å². The van der Waals surface area contributed by atoms with Crippen LogP contribution < -0.4 is 4.74 Å². The van der Waals surface area contributed by atoms with Gasteiger partial charge in [0.05, 0.1) is 12.1 Å². The minimum Gasteiger partial charge on any atom is -0.478 e. The van der Waals surface area contributed by atoms with Crippen LogP contribution in [0.2, 0.25) is 0 Å². The Kier molecular flexibility index (Phi) is 3.79. The van der Waals surface area contributed by atoms with E-state index in [1.807, 2.05) is 0 Å². The number of carbonyl (C=O) groups is 1. The Morgan fingerprint density at radius 3 is 3.14 bits per heavy atom. The van der Waals surface area contributed by atoms with Crippen LogP contribution in [0.5, 0.6) is 5.88 Å². The molecule has 112 valence electrons. The zero-order valence-corrected chi connectivity index (χ0v) is 12.0. The number of likely N-dealkylation sites (tertiary alicyclic amines) is 1. The molecule has 2 N–H and O–H groups in total. The molecule has 0 amide bonds. The van der Waals surface area contributed by atoms with E-state index in [1.165, 1.54) is 19.0 Å². The quantitative estimate of drug-likeness (QED) is 0.881. The number of nitrogens with one attached hydrogen (secondary N) is 1. The molecule has 0 saturated carbocycles. The minimum atomic E-state index is -0.988. The van der Waals surface area contributed by atoms with Gasteiger partial charge in [0.2, 0.25) is 5.88 Å². The molecule has 0 spiro atoms. The highest BCUT2D eigenvalue weighted by molar-refractivity contribution is 6.01. The minimum absolute atomic E-state index is 0.172. The fraction of sp³-hybridized carbons (Fsp3) is 0.467. The molecule has 6 heteroatoms. The predicted octanol–water partition coefficient (Wildman–Crippen LogP) is 2.12. The highest BCUT2D eigenvalue weighted by atomic mass is 16.5. The number of aromatic amines is 1. The zero-order chi connectivity index (χ0) is 14.8. The molecule has 3 rings (SSSR count). The first kappa shape index (κ1) is 13.9. The van der Waals surface area contributed by atoms with Crippen molar-refractivity contribution in [2.24, 2.45) is 0 Å². The first-order chi connectivity index (χ1) is 10.1. The average Bonchev–Trinajstić information content (AvgIpc) is 3.05. The molecule has 2 aromatic rings. The summed E-state index contributed by atoms with van der Waals surface area (Å²) in [6.45, 7) is 1.75. The molecule has 0 aromatic carbocycles. The highest BCUT2D eigenvalue weighted by Crippen LogP contribution is 2.21. The third-order valence-electron chi connectivity index (χ3n) is 4.10. The number of nitrogens with zero attached hydrogens (tertiary/aromatic N) is 2. The van der Waals surface area contributed by atoms with E-state index < -0.39 is 5.97 Å². The van der Waals surface area contributed by atoms with Crippen molar-refractivity contribution in [3.05, 3.63) is 23.9 Å². The predicted molar refractivity (Wildman–Crippen MR) is 78.8 cm³/mol. The maximum Gasteiger partial charge on any atom is 0.339 e. The van der Waals surface area contributed by atoms with Crippen LogP contribution >= 0.6 is 0 Å². The van der Waals surface area contributed by atoms with Gasteiger partial charge in [0, 0.05) is 18.3 Å². The second-order valence-electron chi connectivity index (χ2n) is 5.47. The summed E-state index contributed by atoms with van der Waals surface area (Å²) < 4.78 is 5.68. The highest BCUT2D eigenvalue weighted by Gasteiger charge is 2.20. The van der Waals surface area contributed by atoms with Crippen molar-refractivity contribution in [2.45, 2.75) is 25.3 Å². The van der Waals surface area contributed by atoms with Gasteiger partial charge in [-0.15, -0.1) is 0 Å². The van der Waals surface area contributed by atoms with E-state index in [9.17, 15) is 4.79 Å². The van der Waals surface area contributed by atoms with Gasteiger partial charge >= 0.3 is 5.97 Å². The first-order valence-corrected chi connectivity index (χ1v) is 7.19. The summed E-state index contributed by atoms with van der Waals surface area (Å²) in [5, 5.41) is 9.11. The third-order valence-corrected chi connectivity index (χ3v) is 4.10. The van der Waals surface area contributed by atoms with Crippen molar-refractivity contribution in [1.29, 1.82) is 0 Å². The summed E-state index contributed by atoms with van der Waals surface area (Å²) in [6, 6.07) is 4.14. The zero-order valence-electron chi connectivity index (χ0n) is 12.0. The molecular formula is C15H19N3O3. The molecule has 3 heterocycles. The van der Waals surface area contributed by atoms with Crippen LogP contribution in [-0.4, -0.2) is 52.2 Å². The van der Waals surface area contributed by atoms with Gasteiger partial charge in [0.25, 0.3) is 0 Å². The lowest BCUT2D eigenvalue weighted by Crippen LogP contribution is -2.26. The lowest BCUT2D eigenvalue weighted by atomic mass is 10.1. The lowest BCUT2D eigenvalue weighted by Gasteiger charge is -2.19. The fourth-order valence-electron chi connectivity index (χ4n) is 2.87. The van der Waals surface area contributed by atoms with E-state index in [-0.39, 0.29) is 5.56 Å². The van der Waals surface area contributed by atoms with Crippen molar-refractivity contribution in [1.82, 2.24) is 14.9 Å². The maximum absolute atomic E-state index is 11.1. The number of hydrogen-bond acceptors (Lipinski definition) is 4. The van der Waals surface area contributed by atoms with Crippen molar-refractivity contribution >= 4 is 17.0 Å². The van der Waals surface area contributed by atoms with Gasteiger partial charge in [-0.1, -0.05) is 0 Å². The normalized spacial score (nSPS) is 19.2. The molecule has 0 radical (unpaired) electrons. The number of aromatic carboxylic acids is 1. The lowest BCUT2D eigenvalue weighted by molar-refractivity contribution is 0.0699. The summed E-state index contributed by atoms with van der Waals surface area (Å²) in [4.78, 5) is 20.7. The standard InChI is InChI=1S/C15H19N3O3/c1-18-7-2-3-10(18)6-8-21-13-5-4-12-14(17-13)11(9-16-12)15(19)20/h4-5,9-10,16H,2-3,6-8H2,1H3,(H,19,20). The molecule has 1 saturated heterocycles. The average molecular weight is 289 g/mol. The van der Waals surface area contributed by atoms with Gasteiger partial charge in [-0.05, 0) is 38.9 Å². The number of H-pyrrole nitrogens is 1. The Labute approximate surface area is 122 Å². The summed E-state index contributed by atoms with van der Waals surface area (Å²) in [6.07, 6.45) is 4.89. The summed E-state index contributed by atoms with van der Waals surface area (Å²) >= 11 is 0. The van der Waals surface area contributed by atoms with Crippen LogP contribution in [0.15, 0.2) is 18.3 Å². The largest absolute Gasteiger partial charge is 0.478 e. The molecular weight excluding hydrogens is 270 g/mol. The molecule has 21 heavy (non-hydrogen) atoms. The second-order valence-corrected chi connectivity index (χ2v) is 5.47. The number of ether oxygens (including phenoxy) is 1. The molecule has 6 nitrogen and oxygen atoms in total. The van der Waals surface area contributed by atoms with Crippen LogP contribution in [-0.2, 0) is 0 Å². The van der Waals surface area contributed by atoms with Crippen LogP contribution in [0.1, 0.15) is 29.6 Å². The molecule has 1 fully saturated rings. The number of aromatic nitrogens is 2. The summed E-state index contributed by atoms with van der Waals surface area (Å²) in [5.74, 6) is -0.510. The van der Waals surface area contributed by atoms with E-state index in [2.05, 4.69) is 21.9 Å².